The third-order valence-corrected chi connectivity index (χ3v) is 2.86. The lowest BCUT2D eigenvalue weighted by atomic mass is 9.82. The quantitative estimate of drug-likeness (QED) is 0.622. The van der Waals surface area contributed by atoms with E-state index < -0.39 is 12.2 Å². The van der Waals surface area contributed by atoms with Crippen LogP contribution in [0.5, 0.6) is 0 Å². The first-order valence-corrected chi connectivity index (χ1v) is 4.92. The van der Waals surface area contributed by atoms with Gasteiger partial charge in [-0.1, -0.05) is 27.7 Å². The van der Waals surface area contributed by atoms with Gasteiger partial charge in [0.15, 0.2) is 0 Å². The number of hydrogen-bond acceptors (Lipinski definition) is 2. The molecule has 14 heavy (non-hydrogen) atoms. The number of amides is 1. The van der Waals surface area contributed by atoms with Gasteiger partial charge < -0.3 is 15.1 Å². The first-order valence-electron chi connectivity index (χ1n) is 4.92. The zero-order valence-corrected chi connectivity index (χ0v) is 9.19. The average molecular weight is 201 g/mol. The molecule has 3 atom stereocenters. The van der Waals surface area contributed by atoms with E-state index in [1.54, 1.807) is 0 Å². The first-order chi connectivity index (χ1) is 6.25. The van der Waals surface area contributed by atoms with E-state index in [0.29, 0.717) is 6.54 Å². The summed E-state index contributed by atoms with van der Waals surface area (Å²) in [6.07, 6.45) is -1.49. The van der Waals surface area contributed by atoms with Crippen molar-refractivity contribution in [1.29, 1.82) is 0 Å². The maximum absolute atomic E-state index is 11.0. The molecule has 4 nitrogen and oxygen atoms in total. The molecule has 0 aromatic rings. The van der Waals surface area contributed by atoms with Crippen LogP contribution >= 0.6 is 0 Å². The fourth-order valence-electron chi connectivity index (χ4n) is 2.20. The molecule has 2 N–H and O–H groups in total. The van der Waals surface area contributed by atoms with Crippen molar-refractivity contribution >= 4 is 6.09 Å². The molecule has 0 saturated carbocycles. The molecular weight excluding hydrogens is 182 g/mol. The zero-order valence-electron chi connectivity index (χ0n) is 9.19. The van der Waals surface area contributed by atoms with Crippen molar-refractivity contribution < 1.29 is 15.0 Å². The zero-order chi connectivity index (χ0) is 11.1. The molecule has 1 heterocycles. The summed E-state index contributed by atoms with van der Waals surface area (Å²) in [7, 11) is 0. The van der Waals surface area contributed by atoms with Crippen LogP contribution in [0, 0.1) is 11.3 Å². The SMILES string of the molecule is CC1CN(C(=O)O)C(C(C)(C)C)C1O. The number of aliphatic hydroxyl groups excluding tert-OH is 1. The second kappa shape index (κ2) is 3.42. The van der Waals surface area contributed by atoms with E-state index in [0.717, 1.165) is 0 Å². The minimum absolute atomic E-state index is 0.0234. The molecule has 3 unspecified atom stereocenters. The van der Waals surface area contributed by atoms with Gasteiger partial charge in [-0.2, -0.15) is 0 Å². The average Bonchev–Trinajstić information content (AvgIpc) is 2.27. The van der Waals surface area contributed by atoms with Crippen LogP contribution in [0.15, 0.2) is 0 Å². The number of likely N-dealkylation sites (tertiary alicyclic amines) is 1. The van der Waals surface area contributed by atoms with Gasteiger partial charge in [-0.15, -0.1) is 0 Å². The van der Waals surface area contributed by atoms with Crippen molar-refractivity contribution in [2.75, 3.05) is 6.54 Å². The predicted octanol–water partition coefficient (Wildman–Crippen LogP) is 1.39. The molecule has 1 aliphatic heterocycles. The van der Waals surface area contributed by atoms with Gasteiger partial charge in [0.25, 0.3) is 0 Å². The van der Waals surface area contributed by atoms with E-state index in [-0.39, 0.29) is 17.4 Å². The number of carbonyl (C=O) groups is 1. The van der Waals surface area contributed by atoms with Gasteiger partial charge in [0.1, 0.15) is 0 Å². The number of rotatable bonds is 0. The maximum atomic E-state index is 11.0. The molecule has 0 aromatic heterocycles. The summed E-state index contributed by atoms with van der Waals surface area (Å²) in [5.74, 6) is 0.0234. The van der Waals surface area contributed by atoms with Gasteiger partial charge in [-0.05, 0) is 5.41 Å². The molecule has 1 saturated heterocycles. The fraction of sp³-hybridized carbons (Fsp3) is 0.900. The molecule has 4 heteroatoms. The second-order valence-corrected chi connectivity index (χ2v) is 5.21. The summed E-state index contributed by atoms with van der Waals surface area (Å²) in [4.78, 5) is 12.3. The van der Waals surface area contributed by atoms with Gasteiger partial charge in [0.2, 0.25) is 0 Å². The van der Waals surface area contributed by atoms with E-state index >= 15 is 0 Å². The van der Waals surface area contributed by atoms with Crippen LogP contribution in [0.4, 0.5) is 4.79 Å². The first kappa shape index (κ1) is 11.3. The van der Waals surface area contributed by atoms with Crippen LogP contribution < -0.4 is 0 Å². The van der Waals surface area contributed by atoms with Gasteiger partial charge in [0.05, 0.1) is 12.1 Å². The Labute approximate surface area is 84.5 Å². The lowest BCUT2D eigenvalue weighted by molar-refractivity contribution is 0.0374. The standard InChI is InChI=1S/C10H19NO3/c1-6-5-11(9(13)14)8(7(6)12)10(2,3)4/h6-8,12H,5H2,1-4H3,(H,13,14). The third-order valence-electron chi connectivity index (χ3n) is 2.86. The number of hydrogen-bond donors (Lipinski definition) is 2. The minimum atomic E-state index is -0.937. The number of carboxylic acid groups (broad SMARTS) is 1. The van der Waals surface area contributed by atoms with Crippen LogP contribution in [0.3, 0.4) is 0 Å². The van der Waals surface area contributed by atoms with E-state index in [2.05, 4.69) is 0 Å². The minimum Gasteiger partial charge on any atom is -0.465 e. The summed E-state index contributed by atoms with van der Waals surface area (Å²) in [5, 5.41) is 18.9. The maximum Gasteiger partial charge on any atom is 0.407 e. The van der Waals surface area contributed by atoms with Crippen molar-refractivity contribution in [2.24, 2.45) is 11.3 Å². The van der Waals surface area contributed by atoms with Crippen LogP contribution in [0.25, 0.3) is 0 Å². The van der Waals surface area contributed by atoms with Crippen LogP contribution in [0.2, 0.25) is 0 Å². The van der Waals surface area contributed by atoms with Crippen molar-refractivity contribution in [1.82, 2.24) is 4.90 Å². The summed E-state index contributed by atoms with van der Waals surface area (Å²) in [6.45, 7) is 8.17. The second-order valence-electron chi connectivity index (χ2n) is 5.21. The van der Waals surface area contributed by atoms with E-state index in [9.17, 15) is 9.90 Å². The molecule has 1 aliphatic rings. The fourth-order valence-corrected chi connectivity index (χ4v) is 2.20. The van der Waals surface area contributed by atoms with E-state index in [4.69, 9.17) is 5.11 Å². The van der Waals surface area contributed by atoms with E-state index in [1.165, 1.54) is 4.90 Å². The van der Waals surface area contributed by atoms with Gasteiger partial charge >= 0.3 is 6.09 Å². The highest BCUT2D eigenvalue weighted by Crippen LogP contribution is 2.35. The molecule has 1 fully saturated rings. The van der Waals surface area contributed by atoms with E-state index in [1.807, 2.05) is 27.7 Å². The normalized spacial score (nSPS) is 33.5. The van der Waals surface area contributed by atoms with Crippen molar-refractivity contribution in [3.05, 3.63) is 0 Å². The van der Waals surface area contributed by atoms with Gasteiger partial charge in [-0.25, -0.2) is 4.79 Å². The summed E-state index contributed by atoms with van der Waals surface area (Å²) >= 11 is 0. The Morgan fingerprint density at radius 3 is 2.21 bits per heavy atom. The van der Waals surface area contributed by atoms with Crippen molar-refractivity contribution in [3.8, 4) is 0 Å². The summed E-state index contributed by atoms with van der Waals surface area (Å²) in [5.41, 5.74) is -0.220. The molecule has 0 bridgehead atoms. The smallest absolute Gasteiger partial charge is 0.407 e. The Balaban J connectivity index is 2.93. The van der Waals surface area contributed by atoms with Gasteiger partial charge in [-0.3, -0.25) is 0 Å². The lowest BCUT2D eigenvalue weighted by Gasteiger charge is -2.35. The Morgan fingerprint density at radius 2 is 1.93 bits per heavy atom. The van der Waals surface area contributed by atoms with Crippen molar-refractivity contribution in [2.45, 2.75) is 39.8 Å². The third kappa shape index (κ3) is 1.85. The molecule has 0 aliphatic carbocycles. The molecule has 1 rings (SSSR count). The molecule has 0 aromatic carbocycles. The summed E-state index contributed by atoms with van der Waals surface area (Å²) in [6, 6.07) is -0.296. The highest BCUT2D eigenvalue weighted by molar-refractivity contribution is 5.66. The Bertz CT molecular complexity index is 234. The summed E-state index contributed by atoms with van der Waals surface area (Å²) < 4.78 is 0. The Morgan fingerprint density at radius 1 is 1.43 bits per heavy atom. The predicted molar refractivity (Wildman–Crippen MR) is 53.1 cm³/mol. The van der Waals surface area contributed by atoms with Crippen molar-refractivity contribution in [3.63, 3.8) is 0 Å². The number of aliphatic hydroxyl groups is 1. The lowest BCUT2D eigenvalue weighted by Crippen LogP contribution is -2.47. The number of nitrogens with zero attached hydrogens (tertiary/aromatic N) is 1. The van der Waals surface area contributed by atoms with Crippen LogP contribution in [0.1, 0.15) is 27.7 Å². The van der Waals surface area contributed by atoms with Gasteiger partial charge in [0, 0.05) is 12.5 Å². The molecule has 82 valence electrons. The Kier molecular flexibility index (Phi) is 2.76. The Hall–Kier alpha value is -0.770. The highest BCUT2D eigenvalue weighted by atomic mass is 16.4. The highest BCUT2D eigenvalue weighted by Gasteiger charge is 2.46. The monoisotopic (exact) mass is 201 g/mol. The van der Waals surface area contributed by atoms with Crippen LogP contribution in [-0.4, -0.2) is 39.9 Å². The molecule has 0 spiro atoms. The largest absolute Gasteiger partial charge is 0.465 e. The molecule has 0 radical (unpaired) electrons. The molecule has 1 amide bonds. The topological polar surface area (TPSA) is 60.8 Å². The molecular formula is C10H19NO3. The van der Waals surface area contributed by atoms with Crippen LogP contribution in [-0.2, 0) is 0 Å².